The monoisotopic (exact) mass is 288 g/mol. The first kappa shape index (κ1) is 15.3. The van der Waals surface area contributed by atoms with Crippen LogP contribution in [-0.2, 0) is 10.0 Å². The van der Waals surface area contributed by atoms with Crippen LogP contribution in [0, 0.1) is 10.1 Å². The highest BCUT2D eigenvalue weighted by Crippen LogP contribution is 2.20. The lowest BCUT2D eigenvalue weighted by molar-refractivity contribution is -0.388. The van der Waals surface area contributed by atoms with Crippen molar-refractivity contribution >= 4 is 21.5 Å². The first-order valence-electron chi connectivity index (χ1n) is 5.43. The molecular formula is C10H16N4O4S. The molecule has 0 aliphatic carbocycles. The van der Waals surface area contributed by atoms with Gasteiger partial charge in [0.15, 0.2) is 0 Å². The molecule has 0 aromatic carbocycles. The zero-order chi connectivity index (χ0) is 14.7. The van der Waals surface area contributed by atoms with Crippen LogP contribution < -0.4 is 10.0 Å². The average Bonchev–Trinajstić information content (AvgIpc) is 2.23. The number of aromatic nitrogens is 1. The van der Waals surface area contributed by atoms with Crippen molar-refractivity contribution < 1.29 is 13.3 Å². The first-order valence-corrected chi connectivity index (χ1v) is 7.32. The fourth-order valence-electron chi connectivity index (χ4n) is 1.53. The highest BCUT2D eigenvalue weighted by Gasteiger charge is 2.23. The smallest absolute Gasteiger partial charge is 0.376 e. The van der Waals surface area contributed by atoms with E-state index in [0.29, 0.717) is 0 Å². The van der Waals surface area contributed by atoms with Gasteiger partial charge in [0.1, 0.15) is 11.9 Å². The van der Waals surface area contributed by atoms with Gasteiger partial charge in [-0.15, -0.1) is 0 Å². The lowest BCUT2D eigenvalue weighted by Crippen LogP contribution is -2.47. The Morgan fingerprint density at radius 3 is 2.63 bits per heavy atom. The maximum Gasteiger partial charge on any atom is 0.386 e. The quantitative estimate of drug-likeness (QED) is 0.589. The highest BCUT2D eigenvalue weighted by molar-refractivity contribution is 7.88. The van der Waals surface area contributed by atoms with E-state index < -0.39 is 20.5 Å². The van der Waals surface area contributed by atoms with E-state index >= 15 is 0 Å². The molecule has 0 atom stereocenters. The maximum atomic E-state index is 11.2. The summed E-state index contributed by atoms with van der Waals surface area (Å²) in [5.41, 5.74) is -0.534. The van der Waals surface area contributed by atoms with Gasteiger partial charge >= 0.3 is 5.82 Å². The van der Waals surface area contributed by atoms with E-state index in [9.17, 15) is 18.5 Å². The van der Waals surface area contributed by atoms with Crippen molar-refractivity contribution in [1.82, 2.24) is 9.71 Å². The molecular weight excluding hydrogens is 272 g/mol. The number of hydrogen-bond acceptors (Lipinski definition) is 6. The molecule has 0 aliphatic heterocycles. The molecule has 0 aliphatic rings. The number of nitro groups is 1. The van der Waals surface area contributed by atoms with Gasteiger partial charge in [-0.1, -0.05) is 0 Å². The molecule has 19 heavy (non-hydrogen) atoms. The summed E-state index contributed by atoms with van der Waals surface area (Å²) in [6.45, 7) is 3.53. The molecule has 0 bridgehead atoms. The fourth-order valence-corrected chi connectivity index (χ4v) is 2.61. The first-order chi connectivity index (χ1) is 8.61. The summed E-state index contributed by atoms with van der Waals surface area (Å²) in [6, 6.07) is 3.08. The fraction of sp³-hybridized carbons (Fsp3) is 0.500. The lowest BCUT2D eigenvalue weighted by atomic mass is 10.1. The van der Waals surface area contributed by atoms with Crippen molar-refractivity contribution in [3.05, 3.63) is 28.4 Å². The van der Waals surface area contributed by atoms with Gasteiger partial charge in [0.25, 0.3) is 0 Å². The van der Waals surface area contributed by atoms with E-state index in [1.807, 2.05) is 0 Å². The average molecular weight is 288 g/mol. The Morgan fingerprint density at radius 1 is 1.47 bits per heavy atom. The molecule has 1 rings (SSSR count). The Bertz CT molecular complexity index is 571. The van der Waals surface area contributed by atoms with Crippen molar-refractivity contribution in [2.75, 3.05) is 18.1 Å². The summed E-state index contributed by atoms with van der Waals surface area (Å²) in [4.78, 5) is 13.8. The number of nitrogens with one attached hydrogen (secondary N) is 2. The Morgan fingerprint density at radius 2 is 2.11 bits per heavy atom. The van der Waals surface area contributed by atoms with Crippen LogP contribution in [0.1, 0.15) is 13.8 Å². The van der Waals surface area contributed by atoms with Crippen molar-refractivity contribution in [2.24, 2.45) is 0 Å². The van der Waals surface area contributed by atoms with E-state index in [1.165, 1.54) is 12.3 Å². The molecule has 0 amide bonds. The minimum absolute atomic E-state index is 0.187. The Balaban J connectivity index is 2.80. The highest BCUT2D eigenvalue weighted by atomic mass is 32.2. The topological polar surface area (TPSA) is 114 Å². The third-order valence-corrected chi connectivity index (χ3v) is 3.07. The van der Waals surface area contributed by atoms with Crippen molar-refractivity contribution in [1.29, 1.82) is 0 Å². The van der Waals surface area contributed by atoms with E-state index in [0.717, 1.165) is 6.26 Å². The summed E-state index contributed by atoms with van der Waals surface area (Å²) in [5.74, 6) is -0.294. The van der Waals surface area contributed by atoms with Crippen molar-refractivity contribution in [3.63, 3.8) is 0 Å². The van der Waals surface area contributed by atoms with Gasteiger partial charge in [-0.3, -0.25) is 0 Å². The van der Waals surface area contributed by atoms with Gasteiger partial charge in [-0.05, 0) is 35.9 Å². The SMILES string of the molecule is CC(C)(CNc1cccnc1[N+](=O)[O-])NS(C)(=O)=O. The number of pyridine rings is 1. The molecule has 9 heteroatoms. The normalized spacial score (nSPS) is 12.2. The van der Waals surface area contributed by atoms with E-state index in [-0.39, 0.29) is 18.1 Å². The van der Waals surface area contributed by atoms with Crippen LogP contribution in [0.2, 0.25) is 0 Å². The van der Waals surface area contributed by atoms with Gasteiger partial charge in [0.05, 0.1) is 6.26 Å². The van der Waals surface area contributed by atoms with E-state index in [2.05, 4.69) is 15.0 Å². The minimum Gasteiger partial charge on any atom is -0.376 e. The lowest BCUT2D eigenvalue weighted by Gasteiger charge is -2.25. The Labute approximate surface area is 111 Å². The molecule has 0 spiro atoms. The molecule has 1 aromatic rings. The predicted molar refractivity (Wildman–Crippen MR) is 71.4 cm³/mol. The molecule has 0 unspecified atom stereocenters. The second kappa shape index (κ2) is 5.49. The van der Waals surface area contributed by atoms with Crippen LogP contribution in [0.5, 0.6) is 0 Å². The second-order valence-corrected chi connectivity index (χ2v) is 6.49. The van der Waals surface area contributed by atoms with Gasteiger partial charge in [-0.25, -0.2) is 13.1 Å². The van der Waals surface area contributed by atoms with Crippen LogP contribution in [0.3, 0.4) is 0 Å². The Hall–Kier alpha value is -1.74. The molecule has 0 fully saturated rings. The molecule has 0 saturated heterocycles. The third kappa shape index (κ3) is 5.18. The van der Waals surface area contributed by atoms with Gasteiger partial charge in [0.2, 0.25) is 10.0 Å². The summed E-state index contributed by atoms with van der Waals surface area (Å²) < 4.78 is 24.8. The largest absolute Gasteiger partial charge is 0.386 e. The number of rotatable bonds is 6. The number of nitrogens with zero attached hydrogens (tertiary/aromatic N) is 2. The van der Waals surface area contributed by atoms with Crippen molar-refractivity contribution in [2.45, 2.75) is 19.4 Å². The molecule has 8 nitrogen and oxygen atoms in total. The third-order valence-electron chi connectivity index (χ3n) is 2.14. The van der Waals surface area contributed by atoms with Crippen LogP contribution in [0.15, 0.2) is 18.3 Å². The summed E-state index contributed by atoms with van der Waals surface area (Å²) in [5, 5.41) is 13.6. The Kier molecular flexibility index (Phi) is 4.43. The van der Waals surface area contributed by atoms with Gasteiger partial charge < -0.3 is 15.4 Å². The number of sulfonamides is 1. The predicted octanol–water partition coefficient (Wildman–Crippen LogP) is 0.729. The zero-order valence-corrected chi connectivity index (χ0v) is 11.7. The summed E-state index contributed by atoms with van der Waals surface area (Å²) >= 11 is 0. The van der Waals surface area contributed by atoms with E-state index in [4.69, 9.17) is 0 Å². The molecule has 0 saturated carbocycles. The summed E-state index contributed by atoms with van der Waals surface area (Å²) in [6.07, 6.45) is 2.38. The van der Waals surface area contributed by atoms with Crippen LogP contribution in [-0.4, -0.2) is 36.7 Å². The molecule has 1 heterocycles. The second-order valence-electron chi connectivity index (χ2n) is 4.74. The van der Waals surface area contributed by atoms with Crippen LogP contribution >= 0.6 is 0 Å². The van der Waals surface area contributed by atoms with Gasteiger partial charge in [-0.2, -0.15) is 0 Å². The van der Waals surface area contributed by atoms with Gasteiger partial charge in [0, 0.05) is 12.1 Å². The molecule has 2 N–H and O–H groups in total. The standard InChI is InChI=1S/C10H16N4O4S/c1-10(2,13-19(3,17)18)7-12-8-5-4-6-11-9(8)14(15)16/h4-6,12-13H,7H2,1-3H3. The number of anilines is 1. The molecule has 106 valence electrons. The minimum atomic E-state index is -3.35. The molecule has 1 aromatic heterocycles. The van der Waals surface area contributed by atoms with Crippen LogP contribution in [0.25, 0.3) is 0 Å². The summed E-state index contributed by atoms with van der Waals surface area (Å²) in [7, 11) is -3.35. The maximum absolute atomic E-state index is 11.2. The zero-order valence-electron chi connectivity index (χ0n) is 10.9. The van der Waals surface area contributed by atoms with Crippen LogP contribution in [0.4, 0.5) is 11.5 Å². The molecule has 0 radical (unpaired) electrons. The van der Waals surface area contributed by atoms with Crippen molar-refractivity contribution in [3.8, 4) is 0 Å². The number of hydrogen-bond donors (Lipinski definition) is 2. The van der Waals surface area contributed by atoms with E-state index in [1.54, 1.807) is 19.9 Å².